The molecule has 2 atom stereocenters. The third-order valence-corrected chi connectivity index (χ3v) is 4.65. The Morgan fingerprint density at radius 3 is 2.80 bits per heavy atom. The molecule has 2 fully saturated rings. The zero-order chi connectivity index (χ0) is 13.9. The van der Waals surface area contributed by atoms with Crippen LogP contribution in [0.15, 0.2) is 18.3 Å². The molecule has 4 nitrogen and oxygen atoms in total. The van der Waals surface area contributed by atoms with Crippen LogP contribution >= 0.6 is 0 Å². The fourth-order valence-electron chi connectivity index (χ4n) is 3.40. The van der Waals surface area contributed by atoms with E-state index in [1.54, 1.807) is 6.92 Å². The van der Waals surface area contributed by atoms with Crippen molar-refractivity contribution in [2.75, 3.05) is 31.1 Å². The first kappa shape index (κ1) is 13.8. The summed E-state index contributed by atoms with van der Waals surface area (Å²) in [5.74, 6) is 1.02. The number of anilines is 1. The lowest BCUT2D eigenvalue weighted by Gasteiger charge is -2.32. The van der Waals surface area contributed by atoms with Crippen molar-refractivity contribution in [3.8, 4) is 0 Å². The van der Waals surface area contributed by atoms with Crippen molar-refractivity contribution in [1.82, 2.24) is 9.88 Å². The molecule has 3 rings (SSSR count). The fraction of sp³-hybridized carbons (Fsp3) is 0.688. The minimum absolute atomic E-state index is 0.419. The van der Waals surface area contributed by atoms with E-state index in [9.17, 15) is 5.11 Å². The van der Waals surface area contributed by atoms with Crippen molar-refractivity contribution in [2.45, 2.75) is 44.8 Å². The highest BCUT2D eigenvalue weighted by atomic mass is 16.3. The summed E-state index contributed by atoms with van der Waals surface area (Å²) in [5.41, 5.74) is 0.955. The van der Waals surface area contributed by atoms with Gasteiger partial charge in [0.2, 0.25) is 0 Å². The van der Waals surface area contributed by atoms with E-state index in [0.29, 0.717) is 6.04 Å². The Balaban J connectivity index is 1.65. The van der Waals surface area contributed by atoms with Crippen molar-refractivity contribution in [2.24, 2.45) is 0 Å². The van der Waals surface area contributed by atoms with Crippen molar-refractivity contribution in [3.05, 3.63) is 23.9 Å². The summed E-state index contributed by atoms with van der Waals surface area (Å²) in [6, 6.07) is 4.61. The summed E-state index contributed by atoms with van der Waals surface area (Å²) >= 11 is 0. The fourth-order valence-corrected chi connectivity index (χ4v) is 3.40. The SMILES string of the molecule is C[C@H](O)c1ccnc(N2CCC(N3CCCCC3)C2)c1. The van der Waals surface area contributed by atoms with Gasteiger partial charge in [-0.25, -0.2) is 4.98 Å². The normalized spacial score (nSPS) is 25.9. The Kier molecular flexibility index (Phi) is 4.22. The number of aromatic nitrogens is 1. The number of piperidine rings is 1. The van der Waals surface area contributed by atoms with E-state index < -0.39 is 6.10 Å². The smallest absolute Gasteiger partial charge is 0.128 e. The van der Waals surface area contributed by atoms with Gasteiger partial charge in [0.1, 0.15) is 5.82 Å². The van der Waals surface area contributed by atoms with Crippen LogP contribution in [0.25, 0.3) is 0 Å². The summed E-state index contributed by atoms with van der Waals surface area (Å²) in [6.45, 7) is 6.49. The van der Waals surface area contributed by atoms with Gasteiger partial charge in [-0.1, -0.05) is 6.42 Å². The lowest BCUT2D eigenvalue weighted by molar-refractivity contribution is 0.174. The molecule has 0 bridgehead atoms. The maximum Gasteiger partial charge on any atom is 0.128 e. The third kappa shape index (κ3) is 2.96. The maximum absolute atomic E-state index is 9.69. The monoisotopic (exact) mass is 275 g/mol. The first-order valence-electron chi connectivity index (χ1n) is 7.87. The number of pyridine rings is 1. The molecule has 0 radical (unpaired) electrons. The van der Waals surface area contributed by atoms with Crippen LogP contribution in [0.1, 0.15) is 44.3 Å². The van der Waals surface area contributed by atoms with Crippen LogP contribution in [0.3, 0.4) is 0 Å². The molecule has 1 aromatic rings. The molecule has 1 aromatic heterocycles. The number of aliphatic hydroxyl groups is 1. The Hall–Kier alpha value is -1.13. The van der Waals surface area contributed by atoms with Gasteiger partial charge in [-0.15, -0.1) is 0 Å². The van der Waals surface area contributed by atoms with Crippen LogP contribution in [0, 0.1) is 0 Å². The van der Waals surface area contributed by atoms with Gasteiger partial charge >= 0.3 is 0 Å². The van der Waals surface area contributed by atoms with Crippen molar-refractivity contribution in [3.63, 3.8) is 0 Å². The summed E-state index contributed by atoms with van der Waals surface area (Å²) in [4.78, 5) is 9.50. The minimum Gasteiger partial charge on any atom is -0.389 e. The standard InChI is InChI=1S/C16H25N3O/c1-13(20)14-5-7-17-16(11-14)19-10-6-15(12-19)18-8-3-2-4-9-18/h5,7,11,13,15,20H,2-4,6,8-10,12H2,1H3/t13-,15?/m0/s1. The van der Waals surface area contributed by atoms with Crippen LogP contribution in [0.4, 0.5) is 5.82 Å². The predicted molar refractivity (Wildman–Crippen MR) is 80.9 cm³/mol. The molecule has 3 heterocycles. The number of likely N-dealkylation sites (tertiary alicyclic amines) is 1. The third-order valence-electron chi connectivity index (χ3n) is 4.65. The van der Waals surface area contributed by atoms with Crippen molar-refractivity contribution < 1.29 is 5.11 Å². The molecule has 0 spiro atoms. The van der Waals surface area contributed by atoms with E-state index in [0.717, 1.165) is 24.5 Å². The van der Waals surface area contributed by atoms with Gasteiger partial charge in [0.05, 0.1) is 6.10 Å². The zero-order valence-electron chi connectivity index (χ0n) is 12.3. The number of nitrogens with zero attached hydrogens (tertiary/aromatic N) is 3. The highest BCUT2D eigenvalue weighted by Gasteiger charge is 2.29. The highest BCUT2D eigenvalue weighted by molar-refractivity contribution is 5.43. The van der Waals surface area contributed by atoms with E-state index in [2.05, 4.69) is 14.8 Å². The van der Waals surface area contributed by atoms with Gasteiger partial charge in [0.25, 0.3) is 0 Å². The summed E-state index contributed by atoms with van der Waals surface area (Å²) in [6.07, 6.45) is 6.73. The maximum atomic E-state index is 9.69. The van der Waals surface area contributed by atoms with Gasteiger partial charge < -0.3 is 10.0 Å². The molecule has 0 saturated carbocycles. The number of hydrogen-bond donors (Lipinski definition) is 1. The van der Waals surface area contributed by atoms with Gasteiger partial charge in [-0.05, 0) is 57.0 Å². The molecule has 2 saturated heterocycles. The summed E-state index contributed by atoms with van der Waals surface area (Å²) in [5, 5.41) is 9.69. The van der Waals surface area contributed by atoms with Gasteiger partial charge in [0.15, 0.2) is 0 Å². The second-order valence-corrected chi connectivity index (χ2v) is 6.11. The molecule has 1 unspecified atom stereocenters. The molecule has 20 heavy (non-hydrogen) atoms. The van der Waals surface area contributed by atoms with Crippen LogP contribution in [-0.2, 0) is 0 Å². The number of rotatable bonds is 3. The molecule has 2 aliphatic rings. The molecule has 1 N–H and O–H groups in total. The van der Waals surface area contributed by atoms with Crippen LogP contribution in [0.5, 0.6) is 0 Å². The average Bonchev–Trinajstić information content (AvgIpc) is 2.98. The Morgan fingerprint density at radius 2 is 2.05 bits per heavy atom. The topological polar surface area (TPSA) is 39.6 Å². The molecule has 0 aromatic carbocycles. The molecule has 0 aliphatic carbocycles. The highest BCUT2D eigenvalue weighted by Crippen LogP contribution is 2.25. The molecule has 4 heteroatoms. The Bertz CT molecular complexity index is 443. The first-order chi connectivity index (χ1) is 9.74. The van der Waals surface area contributed by atoms with E-state index in [4.69, 9.17) is 0 Å². The first-order valence-corrected chi connectivity index (χ1v) is 7.87. The van der Waals surface area contributed by atoms with Crippen LogP contribution < -0.4 is 4.90 Å². The Morgan fingerprint density at radius 1 is 1.25 bits per heavy atom. The summed E-state index contributed by atoms with van der Waals surface area (Å²) in [7, 11) is 0. The van der Waals surface area contributed by atoms with Crippen LogP contribution in [-0.4, -0.2) is 47.2 Å². The lowest BCUT2D eigenvalue weighted by atomic mass is 10.1. The van der Waals surface area contributed by atoms with Gasteiger partial charge in [-0.3, -0.25) is 4.90 Å². The molecular weight excluding hydrogens is 250 g/mol. The largest absolute Gasteiger partial charge is 0.389 e. The van der Waals surface area contributed by atoms with Crippen molar-refractivity contribution >= 4 is 5.82 Å². The zero-order valence-corrected chi connectivity index (χ0v) is 12.3. The average molecular weight is 275 g/mol. The quantitative estimate of drug-likeness (QED) is 0.918. The van der Waals surface area contributed by atoms with Crippen LogP contribution in [0.2, 0.25) is 0 Å². The number of hydrogen-bond acceptors (Lipinski definition) is 4. The molecule has 0 amide bonds. The van der Waals surface area contributed by atoms with E-state index in [1.165, 1.54) is 38.8 Å². The van der Waals surface area contributed by atoms with Crippen molar-refractivity contribution in [1.29, 1.82) is 0 Å². The van der Waals surface area contributed by atoms with E-state index in [-0.39, 0.29) is 0 Å². The lowest BCUT2D eigenvalue weighted by Crippen LogP contribution is -2.40. The summed E-state index contributed by atoms with van der Waals surface area (Å²) < 4.78 is 0. The van der Waals surface area contributed by atoms with Gasteiger partial charge in [0, 0.05) is 25.3 Å². The predicted octanol–water partition coefficient (Wildman–Crippen LogP) is 2.20. The Labute approximate surface area is 121 Å². The van der Waals surface area contributed by atoms with Gasteiger partial charge in [-0.2, -0.15) is 0 Å². The molecule has 2 aliphatic heterocycles. The second-order valence-electron chi connectivity index (χ2n) is 6.11. The number of aliphatic hydroxyl groups excluding tert-OH is 1. The molecular formula is C16H25N3O. The minimum atomic E-state index is -0.419. The second kappa shape index (κ2) is 6.10. The molecule has 110 valence electrons. The van der Waals surface area contributed by atoms with E-state index in [1.807, 2.05) is 18.3 Å². The van der Waals surface area contributed by atoms with E-state index >= 15 is 0 Å².